The number of carbonyl (C=O) groups excluding carboxylic acids is 1. The fraction of sp³-hybridized carbons (Fsp3) is 0.778. The molecule has 0 bridgehead atoms. The van der Waals surface area contributed by atoms with Crippen LogP contribution in [0.3, 0.4) is 0 Å². The molecule has 16 heavy (non-hydrogen) atoms. The number of carboxylic acid groups (broad SMARTS) is 1. The van der Waals surface area contributed by atoms with Crippen LogP contribution in [-0.2, 0) is 9.53 Å². The molecule has 0 heterocycles. The van der Waals surface area contributed by atoms with Crippen molar-refractivity contribution in [1.82, 2.24) is 10.2 Å². The summed E-state index contributed by atoms with van der Waals surface area (Å²) in [5.41, 5.74) is 0. The van der Waals surface area contributed by atoms with Gasteiger partial charge in [-0.15, -0.1) is 0 Å². The highest BCUT2D eigenvalue weighted by Gasteiger charge is 2.13. The molecule has 2 amide bonds. The van der Waals surface area contributed by atoms with Crippen LogP contribution in [0, 0.1) is 0 Å². The zero-order valence-corrected chi connectivity index (χ0v) is 9.47. The molecule has 0 aromatic heterocycles. The lowest BCUT2D eigenvalue weighted by Crippen LogP contribution is -2.42. The van der Waals surface area contributed by atoms with Gasteiger partial charge in [-0.1, -0.05) is 0 Å². The zero-order chi connectivity index (χ0) is 12.6. The number of aliphatic hydroxyl groups excluding tert-OH is 1. The number of carbonyl (C=O) groups is 2. The molecule has 0 aliphatic rings. The van der Waals surface area contributed by atoms with Gasteiger partial charge in [0, 0.05) is 20.7 Å². The normalized spacial score (nSPS) is 11.9. The molecule has 0 aliphatic heterocycles. The summed E-state index contributed by atoms with van der Waals surface area (Å²) >= 11 is 0. The number of nitrogens with one attached hydrogen (secondary N) is 1. The number of methoxy groups -OCH3 is 1. The van der Waals surface area contributed by atoms with Crippen LogP contribution in [0.2, 0.25) is 0 Å². The monoisotopic (exact) mass is 234 g/mol. The van der Waals surface area contributed by atoms with Gasteiger partial charge in [-0.3, -0.25) is 4.79 Å². The van der Waals surface area contributed by atoms with Crippen molar-refractivity contribution in [3.05, 3.63) is 0 Å². The number of carboxylic acids is 1. The summed E-state index contributed by atoms with van der Waals surface area (Å²) < 4.78 is 4.71. The van der Waals surface area contributed by atoms with E-state index in [1.807, 2.05) is 0 Å². The van der Waals surface area contributed by atoms with E-state index >= 15 is 0 Å². The highest BCUT2D eigenvalue weighted by Crippen LogP contribution is 1.91. The van der Waals surface area contributed by atoms with Gasteiger partial charge in [-0.2, -0.15) is 0 Å². The van der Waals surface area contributed by atoms with Crippen molar-refractivity contribution in [2.45, 2.75) is 12.5 Å². The highest BCUT2D eigenvalue weighted by atomic mass is 16.5. The van der Waals surface area contributed by atoms with Crippen LogP contribution >= 0.6 is 0 Å². The fourth-order valence-electron chi connectivity index (χ4n) is 1.06. The third kappa shape index (κ3) is 7.02. The fourth-order valence-corrected chi connectivity index (χ4v) is 1.06. The van der Waals surface area contributed by atoms with Crippen LogP contribution < -0.4 is 5.32 Å². The van der Waals surface area contributed by atoms with E-state index in [2.05, 4.69) is 5.32 Å². The molecule has 3 N–H and O–H groups in total. The molecule has 0 saturated heterocycles. The maximum atomic E-state index is 11.3. The number of amides is 2. The number of likely N-dealkylation sites (N-methyl/N-ethyl adjacent to an activating group) is 1. The molecule has 0 aliphatic carbocycles. The summed E-state index contributed by atoms with van der Waals surface area (Å²) in [4.78, 5) is 22.8. The number of aliphatic carboxylic acids is 1. The Morgan fingerprint density at radius 1 is 1.50 bits per heavy atom. The zero-order valence-electron chi connectivity index (χ0n) is 9.47. The van der Waals surface area contributed by atoms with Crippen molar-refractivity contribution in [3.8, 4) is 0 Å². The van der Waals surface area contributed by atoms with E-state index in [0.29, 0.717) is 0 Å². The van der Waals surface area contributed by atoms with Crippen molar-refractivity contribution >= 4 is 12.0 Å². The van der Waals surface area contributed by atoms with Crippen LogP contribution in [0.5, 0.6) is 0 Å². The summed E-state index contributed by atoms with van der Waals surface area (Å²) in [5, 5.41) is 20.1. The minimum Gasteiger partial charge on any atom is -0.481 e. The molecule has 1 unspecified atom stereocenters. The smallest absolute Gasteiger partial charge is 0.317 e. The van der Waals surface area contributed by atoms with E-state index in [1.54, 1.807) is 0 Å². The number of urea groups is 1. The van der Waals surface area contributed by atoms with Crippen molar-refractivity contribution in [1.29, 1.82) is 0 Å². The summed E-state index contributed by atoms with van der Waals surface area (Å²) in [6.07, 6.45) is -0.875. The SMILES string of the molecule is COCC(O)CN(C)C(=O)NCCC(=O)O. The van der Waals surface area contributed by atoms with E-state index < -0.39 is 18.1 Å². The van der Waals surface area contributed by atoms with Gasteiger partial charge in [0.15, 0.2) is 0 Å². The Bertz CT molecular complexity index is 234. The van der Waals surface area contributed by atoms with Crippen molar-refractivity contribution in [3.63, 3.8) is 0 Å². The number of nitrogens with zero attached hydrogens (tertiary/aromatic N) is 1. The first-order valence-corrected chi connectivity index (χ1v) is 4.85. The molecule has 0 rings (SSSR count). The average Bonchev–Trinajstić information content (AvgIpc) is 2.17. The van der Waals surface area contributed by atoms with E-state index in [-0.39, 0.29) is 26.1 Å². The molecule has 0 saturated carbocycles. The number of aliphatic hydroxyl groups is 1. The van der Waals surface area contributed by atoms with Crippen LogP contribution in [0.15, 0.2) is 0 Å². The third-order valence-corrected chi connectivity index (χ3v) is 1.81. The maximum Gasteiger partial charge on any atom is 0.317 e. The predicted molar refractivity (Wildman–Crippen MR) is 56.2 cm³/mol. The lowest BCUT2D eigenvalue weighted by molar-refractivity contribution is -0.136. The van der Waals surface area contributed by atoms with E-state index in [0.717, 1.165) is 0 Å². The first-order valence-electron chi connectivity index (χ1n) is 4.85. The lowest BCUT2D eigenvalue weighted by Gasteiger charge is -2.20. The third-order valence-electron chi connectivity index (χ3n) is 1.81. The molecule has 0 spiro atoms. The first kappa shape index (κ1) is 14.7. The lowest BCUT2D eigenvalue weighted by atomic mass is 10.3. The standard InChI is InChI=1S/C9H18N2O5/c1-11(5-7(12)6-16-2)9(15)10-4-3-8(13)14/h7,12H,3-6H2,1-2H3,(H,10,15)(H,13,14). The summed E-state index contributed by atoms with van der Waals surface area (Å²) in [6.45, 7) is 0.346. The Morgan fingerprint density at radius 2 is 2.12 bits per heavy atom. The van der Waals surface area contributed by atoms with Crippen molar-refractivity contribution in [2.75, 3.05) is 33.9 Å². The van der Waals surface area contributed by atoms with Gasteiger partial charge >= 0.3 is 12.0 Å². The second kappa shape index (κ2) is 7.89. The van der Waals surface area contributed by atoms with E-state index in [9.17, 15) is 14.7 Å². The highest BCUT2D eigenvalue weighted by molar-refractivity contribution is 5.74. The molecule has 0 radical (unpaired) electrons. The van der Waals surface area contributed by atoms with Gasteiger partial charge in [-0.05, 0) is 0 Å². The van der Waals surface area contributed by atoms with Crippen molar-refractivity contribution in [2.24, 2.45) is 0 Å². The maximum absolute atomic E-state index is 11.3. The molecule has 0 fully saturated rings. The molecule has 7 heteroatoms. The molecular formula is C9H18N2O5. The number of ether oxygens (including phenoxy) is 1. The average molecular weight is 234 g/mol. The number of hydrogen-bond acceptors (Lipinski definition) is 4. The number of rotatable bonds is 7. The minimum absolute atomic E-state index is 0.0683. The Hall–Kier alpha value is -1.34. The Labute approximate surface area is 94.0 Å². The second-order valence-electron chi connectivity index (χ2n) is 3.37. The van der Waals surface area contributed by atoms with Gasteiger partial charge in [0.1, 0.15) is 0 Å². The predicted octanol–water partition coefficient (Wildman–Crippen LogP) is -0.890. The Balaban J connectivity index is 3.76. The summed E-state index contributed by atoms with van der Waals surface area (Å²) in [5.74, 6) is -0.970. The van der Waals surface area contributed by atoms with Crippen LogP contribution in [0.25, 0.3) is 0 Å². The quantitative estimate of drug-likeness (QED) is 0.530. The summed E-state index contributed by atoms with van der Waals surface area (Å²) in [6, 6.07) is -0.420. The molecule has 94 valence electrons. The van der Waals surface area contributed by atoms with Gasteiger partial charge in [0.25, 0.3) is 0 Å². The molecule has 1 atom stereocenters. The molecule has 7 nitrogen and oxygen atoms in total. The molecule has 0 aromatic rings. The van der Waals surface area contributed by atoms with Gasteiger partial charge in [0.2, 0.25) is 0 Å². The van der Waals surface area contributed by atoms with E-state index in [1.165, 1.54) is 19.1 Å². The van der Waals surface area contributed by atoms with Gasteiger partial charge in [0.05, 0.1) is 25.7 Å². The number of hydrogen-bond donors (Lipinski definition) is 3. The summed E-state index contributed by atoms with van der Waals surface area (Å²) in [7, 11) is 2.96. The second-order valence-corrected chi connectivity index (χ2v) is 3.37. The minimum atomic E-state index is -0.970. The largest absolute Gasteiger partial charge is 0.481 e. The topological polar surface area (TPSA) is 99.1 Å². The Morgan fingerprint density at radius 3 is 2.62 bits per heavy atom. The van der Waals surface area contributed by atoms with Gasteiger partial charge < -0.3 is 25.2 Å². The van der Waals surface area contributed by atoms with Crippen LogP contribution in [0.1, 0.15) is 6.42 Å². The van der Waals surface area contributed by atoms with Crippen molar-refractivity contribution < 1.29 is 24.5 Å². The van der Waals surface area contributed by atoms with Crippen LogP contribution in [-0.4, -0.2) is 67.1 Å². The van der Waals surface area contributed by atoms with Gasteiger partial charge in [-0.25, -0.2) is 4.79 Å². The van der Waals surface area contributed by atoms with Crippen LogP contribution in [0.4, 0.5) is 4.79 Å². The molecule has 0 aromatic carbocycles. The molecular weight excluding hydrogens is 216 g/mol. The Kier molecular flexibility index (Phi) is 7.23. The first-order chi connectivity index (χ1) is 7.47. The van der Waals surface area contributed by atoms with E-state index in [4.69, 9.17) is 9.84 Å².